The Labute approximate surface area is 99.1 Å². The first-order valence-electron chi connectivity index (χ1n) is 4.84. The standard InChI is InChI=1S/C11H11N3O2S/c1-2-5-14-17(15,16)11-7-13-10-4-3-8(12)6-9(10)11/h1,3-4,6-7,13-14H,5,12H2. The number of aromatic nitrogens is 1. The Morgan fingerprint density at radius 3 is 2.94 bits per heavy atom. The highest BCUT2D eigenvalue weighted by molar-refractivity contribution is 7.89. The molecule has 0 bridgehead atoms. The second-order valence-corrected chi connectivity index (χ2v) is 5.22. The molecule has 0 saturated heterocycles. The van der Waals surface area contributed by atoms with Crippen LogP contribution in [0.3, 0.4) is 0 Å². The Morgan fingerprint density at radius 1 is 1.47 bits per heavy atom. The predicted molar refractivity (Wildman–Crippen MR) is 66.7 cm³/mol. The van der Waals surface area contributed by atoms with Gasteiger partial charge in [0.05, 0.1) is 6.54 Å². The van der Waals surface area contributed by atoms with E-state index in [0.717, 1.165) is 0 Å². The fraction of sp³-hybridized carbons (Fsp3) is 0.0909. The average Bonchev–Trinajstić information content (AvgIpc) is 2.70. The highest BCUT2D eigenvalue weighted by atomic mass is 32.2. The van der Waals surface area contributed by atoms with Gasteiger partial charge in [0.25, 0.3) is 0 Å². The molecular weight excluding hydrogens is 238 g/mol. The van der Waals surface area contributed by atoms with Gasteiger partial charge in [-0.1, -0.05) is 5.92 Å². The van der Waals surface area contributed by atoms with Gasteiger partial charge >= 0.3 is 0 Å². The molecule has 0 fully saturated rings. The van der Waals surface area contributed by atoms with Crippen molar-refractivity contribution in [1.82, 2.24) is 9.71 Å². The molecule has 0 unspecified atom stereocenters. The maximum Gasteiger partial charge on any atom is 0.243 e. The molecule has 88 valence electrons. The highest BCUT2D eigenvalue weighted by Gasteiger charge is 2.18. The van der Waals surface area contributed by atoms with Crippen molar-refractivity contribution in [3.05, 3.63) is 24.4 Å². The van der Waals surface area contributed by atoms with Crippen molar-refractivity contribution in [3.8, 4) is 12.3 Å². The first-order valence-corrected chi connectivity index (χ1v) is 6.32. The van der Waals surface area contributed by atoms with Crippen molar-refractivity contribution in [2.75, 3.05) is 12.3 Å². The molecule has 1 aromatic carbocycles. The lowest BCUT2D eigenvalue weighted by molar-refractivity contribution is 0.587. The number of terminal acetylenes is 1. The van der Waals surface area contributed by atoms with Crippen LogP contribution in [0, 0.1) is 12.3 Å². The van der Waals surface area contributed by atoms with Gasteiger partial charge in [-0.05, 0) is 18.2 Å². The Hall–Kier alpha value is -1.97. The van der Waals surface area contributed by atoms with Gasteiger partial charge in [-0.3, -0.25) is 0 Å². The number of hydrogen-bond donors (Lipinski definition) is 3. The van der Waals surface area contributed by atoms with Gasteiger partial charge in [0, 0.05) is 22.8 Å². The second kappa shape index (κ2) is 4.13. The molecule has 0 amide bonds. The topological polar surface area (TPSA) is 88.0 Å². The van der Waals surface area contributed by atoms with Gasteiger partial charge in [0.15, 0.2) is 0 Å². The molecule has 4 N–H and O–H groups in total. The van der Waals surface area contributed by atoms with E-state index in [1.54, 1.807) is 18.2 Å². The van der Waals surface area contributed by atoms with Crippen molar-refractivity contribution in [2.45, 2.75) is 4.90 Å². The van der Waals surface area contributed by atoms with Crippen LogP contribution in [0.4, 0.5) is 5.69 Å². The molecule has 0 aliphatic carbocycles. The lowest BCUT2D eigenvalue weighted by Crippen LogP contribution is -2.23. The van der Waals surface area contributed by atoms with Gasteiger partial charge in [0.1, 0.15) is 4.90 Å². The third kappa shape index (κ3) is 2.11. The number of nitrogens with two attached hydrogens (primary N) is 1. The zero-order chi connectivity index (χ0) is 12.5. The molecule has 6 heteroatoms. The van der Waals surface area contributed by atoms with Crippen LogP contribution < -0.4 is 10.5 Å². The summed E-state index contributed by atoms with van der Waals surface area (Å²) in [6.45, 7) is -0.0443. The number of hydrogen-bond acceptors (Lipinski definition) is 3. The lowest BCUT2D eigenvalue weighted by atomic mass is 10.2. The molecule has 1 aromatic heterocycles. The second-order valence-electron chi connectivity index (χ2n) is 3.49. The fourth-order valence-electron chi connectivity index (χ4n) is 1.55. The van der Waals surface area contributed by atoms with Crippen LogP contribution in [0.15, 0.2) is 29.3 Å². The number of rotatable bonds is 3. The summed E-state index contributed by atoms with van der Waals surface area (Å²) >= 11 is 0. The van der Waals surface area contributed by atoms with Crippen molar-refractivity contribution in [1.29, 1.82) is 0 Å². The van der Waals surface area contributed by atoms with E-state index in [0.29, 0.717) is 16.6 Å². The summed E-state index contributed by atoms with van der Waals surface area (Å²) in [4.78, 5) is 3.02. The SMILES string of the molecule is C#CCNS(=O)(=O)c1c[nH]c2ccc(N)cc12. The van der Waals surface area contributed by atoms with E-state index in [2.05, 4.69) is 15.6 Å². The molecule has 5 nitrogen and oxygen atoms in total. The van der Waals surface area contributed by atoms with Crippen molar-refractivity contribution in [2.24, 2.45) is 0 Å². The van der Waals surface area contributed by atoms with Gasteiger partial charge in [-0.25, -0.2) is 8.42 Å². The van der Waals surface area contributed by atoms with E-state index in [1.807, 2.05) is 0 Å². The van der Waals surface area contributed by atoms with Gasteiger partial charge in [-0.15, -0.1) is 6.42 Å². The number of sulfonamides is 1. The number of aromatic amines is 1. The molecule has 0 atom stereocenters. The Kier molecular flexibility index (Phi) is 2.79. The lowest BCUT2D eigenvalue weighted by Gasteiger charge is -2.02. The molecule has 0 aliphatic rings. The third-order valence-corrected chi connectivity index (χ3v) is 3.76. The molecule has 1 heterocycles. The number of H-pyrrole nitrogens is 1. The first-order chi connectivity index (χ1) is 8.04. The molecule has 0 spiro atoms. The van der Waals surface area contributed by atoms with Crippen LogP contribution in [0.25, 0.3) is 10.9 Å². The summed E-state index contributed by atoms with van der Waals surface area (Å²) in [5, 5.41) is 0.550. The van der Waals surface area contributed by atoms with Crippen molar-refractivity contribution < 1.29 is 8.42 Å². The predicted octanol–water partition coefficient (Wildman–Crippen LogP) is 0.662. The Morgan fingerprint density at radius 2 is 2.24 bits per heavy atom. The largest absolute Gasteiger partial charge is 0.399 e. The van der Waals surface area contributed by atoms with Crippen LogP contribution in [-0.2, 0) is 10.0 Å². The fourth-order valence-corrected chi connectivity index (χ4v) is 2.65. The zero-order valence-electron chi connectivity index (χ0n) is 8.90. The minimum absolute atomic E-state index is 0.0443. The van der Waals surface area contributed by atoms with E-state index in [1.165, 1.54) is 6.20 Å². The number of fused-ring (bicyclic) bond motifs is 1. The Bertz CT molecular complexity index is 695. The Balaban J connectivity index is 2.56. The number of benzene rings is 1. The van der Waals surface area contributed by atoms with Gasteiger partial charge < -0.3 is 10.7 Å². The van der Waals surface area contributed by atoms with E-state index < -0.39 is 10.0 Å². The van der Waals surface area contributed by atoms with Crippen molar-refractivity contribution >= 4 is 26.6 Å². The summed E-state index contributed by atoms with van der Waals surface area (Å²) in [5.74, 6) is 2.22. The summed E-state index contributed by atoms with van der Waals surface area (Å²) in [5.41, 5.74) is 6.85. The van der Waals surface area contributed by atoms with E-state index >= 15 is 0 Å². The van der Waals surface area contributed by atoms with E-state index in [9.17, 15) is 8.42 Å². The third-order valence-electron chi connectivity index (χ3n) is 2.32. The molecule has 2 rings (SSSR count). The number of nitrogen functional groups attached to an aromatic ring is 1. The maximum atomic E-state index is 11.9. The van der Waals surface area contributed by atoms with E-state index in [-0.39, 0.29) is 11.4 Å². The van der Waals surface area contributed by atoms with Crippen LogP contribution >= 0.6 is 0 Å². The summed E-state index contributed by atoms with van der Waals surface area (Å²) in [7, 11) is -3.60. The first kappa shape index (κ1) is 11.5. The smallest absolute Gasteiger partial charge is 0.243 e. The normalized spacial score (nSPS) is 11.5. The van der Waals surface area contributed by atoms with Gasteiger partial charge in [-0.2, -0.15) is 4.72 Å². The summed E-state index contributed by atoms with van der Waals surface area (Å²) < 4.78 is 26.1. The van der Waals surface area contributed by atoms with E-state index in [4.69, 9.17) is 12.2 Å². The molecule has 0 aliphatic heterocycles. The molecular formula is C11H11N3O2S. The monoisotopic (exact) mass is 249 g/mol. The van der Waals surface area contributed by atoms with Crippen LogP contribution in [-0.4, -0.2) is 19.9 Å². The van der Waals surface area contributed by atoms with Crippen LogP contribution in [0.5, 0.6) is 0 Å². The number of anilines is 1. The average molecular weight is 249 g/mol. The van der Waals surface area contributed by atoms with Crippen LogP contribution in [0.2, 0.25) is 0 Å². The number of nitrogens with one attached hydrogen (secondary N) is 2. The molecule has 0 saturated carbocycles. The molecule has 2 aromatic rings. The maximum absolute atomic E-state index is 11.9. The summed E-state index contributed by atoms with van der Waals surface area (Å²) in [6, 6.07) is 5.03. The van der Waals surface area contributed by atoms with Gasteiger partial charge in [0.2, 0.25) is 10.0 Å². The quantitative estimate of drug-likeness (QED) is 0.551. The molecule has 0 radical (unpaired) electrons. The zero-order valence-corrected chi connectivity index (χ0v) is 9.71. The van der Waals surface area contributed by atoms with Crippen molar-refractivity contribution in [3.63, 3.8) is 0 Å². The highest BCUT2D eigenvalue weighted by Crippen LogP contribution is 2.24. The van der Waals surface area contributed by atoms with Crippen LogP contribution in [0.1, 0.15) is 0 Å². The summed E-state index contributed by atoms with van der Waals surface area (Å²) in [6.07, 6.45) is 6.44. The minimum atomic E-state index is -3.60. The minimum Gasteiger partial charge on any atom is -0.399 e. The molecule has 17 heavy (non-hydrogen) atoms.